The van der Waals surface area contributed by atoms with Crippen LogP contribution in [0.5, 0.6) is 0 Å². The third-order valence-corrected chi connectivity index (χ3v) is 6.03. The number of hydrogen-bond acceptors (Lipinski definition) is 6. The van der Waals surface area contributed by atoms with Crippen LogP contribution in [0.25, 0.3) is 0 Å². The van der Waals surface area contributed by atoms with Crippen LogP contribution in [0.2, 0.25) is 0 Å². The normalized spacial score (nSPS) is 15.6. The number of anilines is 1. The maximum atomic E-state index is 13.5. The maximum absolute atomic E-state index is 13.5. The van der Waals surface area contributed by atoms with Gasteiger partial charge in [0.05, 0.1) is 12.3 Å². The summed E-state index contributed by atoms with van der Waals surface area (Å²) in [5.74, 6) is -0.497. The summed E-state index contributed by atoms with van der Waals surface area (Å²) < 4.78 is 5.22. The Morgan fingerprint density at radius 1 is 1.14 bits per heavy atom. The lowest BCUT2D eigenvalue weighted by Gasteiger charge is -2.39. The molecule has 0 aliphatic carbocycles. The van der Waals surface area contributed by atoms with Crippen molar-refractivity contribution in [3.8, 4) is 0 Å². The predicted octanol–water partition coefficient (Wildman–Crippen LogP) is 3.86. The lowest BCUT2D eigenvalue weighted by Crippen LogP contribution is -2.56. The van der Waals surface area contributed by atoms with Crippen molar-refractivity contribution in [2.45, 2.75) is 59.9 Å². The van der Waals surface area contributed by atoms with Crippen LogP contribution in [0.1, 0.15) is 72.0 Å². The Balaban J connectivity index is 1.77. The number of rotatable bonds is 7. The molecule has 1 atom stereocenters. The molecule has 1 N–H and O–H groups in total. The monoisotopic (exact) mass is 481 g/mol. The minimum absolute atomic E-state index is 0.0703. The Labute approximate surface area is 206 Å². The molecular formula is C26H35N5O4. The number of piperazine rings is 1. The molecule has 1 aromatic carbocycles. The van der Waals surface area contributed by atoms with Crippen LogP contribution in [0.15, 0.2) is 24.3 Å². The predicted molar refractivity (Wildman–Crippen MR) is 134 cm³/mol. The fourth-order valence-electron chi connectivity index (χ4n) is 4.28. The van der Waals surface area contributed by atoms with Crippen molar-refractivity contribution in [3.63, 3.8) is 0 Å². The Morgan fingerprint density at radius 3 is 2.57 bits per heavy atom. The van der Waals surface area contributed by atoms with Crippen molar-refractivity contribution >= 4 is 23.6 Å². The first-order chi connectivity index (χ1) is 16.8. The van der Waals surface area contributed by atoms with Crippen LogP contribution in [0, 0.1) is 6.92 Å². The zero-order valence-corrected chi connectivity index (χ0v) is 21.3. The Kier molecular flexibility index (Phi) is 8.78. The second kappa shape index (κ2) is 11.8. The van der Waals surface area contributed by atoms with Crippen molar-refractivity contribution < 1.29 is 19.1 Å². The highest BCUT2D eigenvalue weighted by atomic mass is 16.5. The van der Waals surface area contributed by atoms with E-state index < -0.39 is 5.97 Å². The van der Waals surface area contributed by atoms with Gasteiger partial charge in [-0.3, -0.25) is 4.79 Å². The number of carbonyl (C=O) groups excluding carboxylic acids is 3. The summed E-state index contributed by atoms with van der Waals surface area (Å²) in [6.45, 7) is 10.6. The molecule has 2 heterocycles. The molecule has 0 spiro atoms. The fourth-order valence-corrected chi connectivity index (χ4v) is 4.28. The Bertz CT molecular complexity index is 1090. The van der Waals surface area contributed by atoms with E-state index in [0.29, 0.717) is 37.6 Å². The Hall–Kier alpha value is -3.49. The number of hydrogen-bond donors (Lipinski definition) is 1. The highest BCUT2D eigenvalue weighted by Crippen LogP contribution is 2.20. The van der Waals surface area contributed by atoms with Gasteiger partial charge in [-0.25, -0.2) is 19.6 Å². The zero-order chi connectivity index (χ0) is 25.5. The molecule has 35 heavy (non-hydrogen) atoms. The third kappa shape index (κ3) is 6.15. The number of esters is 1. The third-order valence-electron chi connectivity index (χ3n) is 6.03. The number of aromatic nitrogens is 2. The van der Waals surface area contributed by atoms with E-state index in [1.165, 1.54) is 0 Å². The average Bonchev–Trinajstić information content (AvgIpc) is 2.83. The largest absolute Gasteiger partial charge is 0.462 e. The van der Waals surface area contributed by atoms with E-state index in [4.69, 9.17) is 4.74 Å². The molecule has 0 bridgehead atoms. The summed E-state index contributed by atoms with van der Waals surface area (Å²) in [7, 11) is 0. The molecule has 3 rings (SSSR count). The molecule has 1 saturated heterocycles. The van der Waals surface area contributed by atoms with Crippen LogP contribution in [-0.2, 0) is 17.6 Å². The molecule has 0 saturated carbocycles. The number of amides is 3. The first-order valence-electron chi connectivity index (χ1n) is 12.3. The van der Waals surface area contributed by atoms with Gasteiger partial charge in [0.15, 0.2) is 0 Å². The van der Waals surface area contributed by atoms with Gasteiger partial charge in [-0.05, 0) is 51.3 Å². The number of aryl methyl sites for hydroxylation is 3. The standard InChI is InChI=1S/C26H35N5O4/c1-6-10-21-22(25(33)35-8-3)23(28-18(5)27-21)24(32)30-13-14-31(17(4)16-30)26(34)29-20-12-9-11-19(7-2)15-20/h9,11-12,15,17H,6-8,10,13-14,16H2,1-5H3,(H,29,34). The van der Waals surface area contributed by atoms with Crippen molar-refractivity contribution in [1.82, 2.24) is 19.8 Å². The topological polar surface area (TPSA) is 105 Å². The van der Waals surface area contributed by atoms with Crippen LogP contribution < -0.4 is 5.32 Å². The molecule has 188 valence electrons. The summed E-state index contributed by atoms with van der Waals surface area (Å²) in [6.07, 6.45) is 2.20. The quantitative estimate of drug-likeness (QED) is 0.602. The molecule has 1 aromatic heterocycles. The summed E-state index contributed by atoms with van der Waals surface area (Å²) >= 11 is 0. The van der Waals surface area contributed by atoms with Crippen molar-refractivity contribution in [1.29, 1.82) is 0 Å². The fraction of sp³-hybridized carbons (Fsp3) is 0.500. The molecule has 1 unspecified atom stereocenters. The molecule has 1 fully saturated rings. The summed E-state index contributed by atoms with van der Waals surface area (Å²) in [5.41, 5.74) is 2.64. The van der Waals surface area contributed by atoms with E-state index in [-0.39, 0.29) is 35.8 Å². The number of nitrogens with zero attached hydrogens (tertiary/aromatic N) is 4. The van der Waals surface area contributed by atoms with E-state index in [9.17, 15) is 14.4 Å². The van der Waals surface area contributed by atoms with Gasteiger partial charge in [0.2, 0.25) is 0 Å². The van der Waals surface area contributed by atoms with E-state index >= 15 is 0 Å². The van der Waals surface area contributed by atoms with Gasteiger partial charge in [-0.2, -0.15) is 0 Å². The van der Waals surface area contributed by atoms with Crippen molar-refractivity contribution in [3.05, 3.63) is 52.6 Å². The SMILES string of the molecule is CCCc1nc(C)nc(C(=O)N2CCN(C(=O)Nc3cccc(CC)c3)C(C)C2)c1C(=O)OCC. The smallest absolute Gasteiger partial charge is 0.342 e. The molecule has 1 aliphatic heterocycles. The highest BCUT2D eigenvalue weighted by Gasteiger charge is 2.34. The van der Waals surface area contributed by atoms with Gasteiger partial charge >= 0.3 is 12.0 Å². The maximum Gasteiger partial charge on any atom is 0.342 e. The van der Waals surface area contributed by atoms with Gasteiger partial charge in [0.1, 0.15) is 17.1 Å². The van der Waals surface area contributed by atoms with Gasteiger partial charge in [-0.15, -0.1) is 0 Å². The molecule has 0 radical (unpaired) electrons. The summed E-state index contributed by atoms with van der Waals surface area (Å²) in [6, 6.07) is 7.35. The molecule has 9 heteroatoms. The number of benzene rings is 1. The molecule has 2 aromatic rings. The molecular weight excluding hydrogens is 446 g/mol. The van der Waals surface area contributed by atoms with E-state index in [1.54, 1.807) is 23.6 Å². The van der Waals surface area contributed by atoms with Crippen molar-refractivity contribution in [2.75, 3.05) is 31.6 Å². The number of urea groups is 1. The van der Waals surface area contributed by atoms with E-state index in [2.05, 4.69) is 22.2 Å². The summed E-state index contributed by atoms with van der Waals surface area (Å²) in [5, 5.41) is 2.96. The second-order valence-corrected chi connectivity index (χ2v) is 8.69. The lowest BCUT2D eigenvalue weighted by atomic mass is 10.1. The minimum atomic E-state index is -0.584. The number of ether oxygens (including phenoxy) is 1. The van der Waals surface area contributed by atoms with Crippen LogP contribution in [0.4, 0.5) is 10.5 Å². The average molecular weight is 482 g/mol. The summed E-state index contributed by atoms with van der Waals surface area (Å²) in [4.78, 5) is 51.3. The first kappa shape index (κ1) is 26.1. The second-order valence-electron chi connectivity index (χ2n) is 8.69. The van der Waals surface area contributed by atoms with Crippen molar-refractivity contribution in [2.24, 2.45) is 0 Å². The number of nitrogens with one attached hydrogen (secondary N) is 1. The first-order valence-corrected chi connectivity index (χ1v) is 12.3. The molecule has 9 nitrogen and oxygen atoms in total. The van der Waals surface area contributed by atoms with Gasteiger partial charge < -0.3 is 19.9 Å². The lowest BCUT2D eigenvalue weighted by molar-refractivity contribution is 0.0502. The number of carbonyl (C=O) groups is 3. The zero-order valence-electron chi connectivity index (χ0n) is 21.3. The van der Waals surface area contributed by atoms with Crippen LogP contribution in [0.3, 0.4) is 0 Å². The van der Waals surface area contributed by atoms with Crippen LogP contribution >= 0.6 is 0 Å². The minimum Gasteiger partial charge on any atom is -0.462 e. The Morgan fingerprint density at radius 2 is 1.91 bits per heavy atom. The van der Waals surface area contributed by atoms with Gasteiger partial charge in [-0.1, -0.05) is 32.4 Å². The van der Waals surface area contributed by atoms with Gasteiger partial charge in [0.25, 0.3) is 5.91 Å². The van der Waals surface area contributed by atoms with E-state index in [0.717, 1.165) is 24.1 Å². The molecule has 1 aliphatic rings. The van der Waals surface area contributed by atoms with Gasteiger partial charge in [0, 0.05) is 31.4 Å². The van der Waals surface area contributed by atoms with Crippen LogP contribution in [-0.4, -0.2) is 70.0 Å². The highest BCUT2D eigenvalue weighted by molar-refractivity contribution is 6.04. The van der Waals surface area contributed by atoms with E-state index in [1.807, 2.05) is 38.1 Å². The molecule has 3 amide bonds.